The molecule has 0 spiro atoms. The van der Waals surface area contributed by atoms with Gasteiger partial charge in [-0.1, -0.05) is 6.92 Å². The average Bonchev–Trinajstić information content (AvgIpc) is 2.40. The Morgan fingerprint density at radius 3 is 2.61 bits per heavy atom. The zero-order valence-corrected chi connectivity index (χ0v) is 11.8. The van der Waals surface area contributed by atoms with Crippen LogP contribution in [0.3, 0.4) is 0 Å². The van der Waals surface area contributed by atoms with Gasteiger partial charge in [-0.15, -0.1) is 0 Å². The molecule has 18 heavy (non-hydrogen) atoms. The first-order valence-electron chi connectivity index (χ1n) is 5.92. The normalized spacial score (nSPS) is 10.6. The smallest absolute Gasteiger partial charge is 0.160 e. The molecule has 0 aliphatic rings. The Morgan fingerprint density at radius 1 is 1.17 bits per heavy atom. The molecule has 2 aromatic rings. The van der Waals surface area contributed by atoms with Crippen LogP contribution >= 0.6 is 15.9 Å². The van der Waals surface area contributed by atoms with Crippen molar-refractivity contribution >= 4 is 15.9 Å². The molecule has 5 heteroatoms. The lowest BCUT2D eigenvalue weighted by Crippen LogP contribution is -2.14. The van der Waals surface area contributed by atoms with E-state index in [4.69, 9.17) is 0 Å². The Kier molecular flexibility index (Phi) is 4.78. The van der Waals surface area contributed by atoms with Crippen molar-refractivity contribution in [2.24, 2.45) is 0 Å². The SMILES string of the molecule is CCCNCc1cnc(-c2cncc(Br)c2)nc1. The number of hydrogen-bond donors (Lipinski definition) is 1. The maximum absolute atomic E-state index is 4.36. The van der Waals surface area contributed by atoms with Crippen LogP contribution in [0.25, 0.3) is 11.4 Å². The summed E-state index contributed by atoms with van der Waals surface area (Å²) in [6.45, 7) is 3.97. The van der Waals surface area contributed by atoms with Gasteiger partial charge in [-0.2, -0.15) is 0 Å². The minimum Gasteiger partial charge on any atom is -0.313 e. The van der Waals surface area contributed by atoms with Crippen molar-refractivity contribution in [1.82, 2.24) is 20.3 Å². The van der Waals surface area contributed by atoms with Crippen molar-refractivity contribution < 1.29 is 0 Å². The van der Waals surface area contributed by atoms with Crippen LogP contribution in [0.4, 0.5) is 0 Å². The molecule has 0 saturated carbocycles. The van der Waals surface area contributed by atoms with E-state index in [1.807, 2.05) is 18.5 Å². The summed E-state index contributed by atoms with van der Waals surface area (Å²) in [4.78, 5) is 12.8. The molecule has 0 aromatic carbocycles. The first-order chi connectivity index (χ1) is 8.79. The third-order valence-electron chi connectivity index (χ3n) is 2.42. The van der Waals surface area contributed by atoms with Crippen LogP contribution in [0, 0.1) is 0 Å². The number of halogens is 1. The summed E-state index contributed by atoms with van der Waals surface area (Å²) in [5, 5.41) is 3.32. The monoisotopic (exact) mass is 306 g/mol. The first kappa shape index (κ1) is 13.1. The maximum Gasteiger partial charge on any atom is 0.160 e. The molecular formula is C13H15BrN4. The highest BCUT2D eigenvalue weighted by molar-refractivity contribution is 9.10. The van der Waals surface area contributed by atoms with E-state index in [0.29, 0.717) is 5.82 Å². The van der Waals surface area contributed by atoms with Gasteiger partial charge in [0, 0.05) is 46.9 Å². The second kappa shape index (κ2) is 6.56. The number of nitrogens with zero attached hydrogens (tertiary/aromatic N) is 3. The summed E-state index contributed by atoms with van der Waals surface area (Å²) < 4.78 is 0.928. The van der Waals surface area contributed by atoms with Crippen LogP contribution in [-0.4, -0.2) is 21.5 Å². The minimum atomic E-state index is 0.697. The molecule has 0 aliphatic carbocycles. The molecule has 0 aliphatic heterocycles. The largest absolute Gasteiger partial charge is 0.313 e. The molecule has 4 nitrogen and oxygen atoms in total. The molecule has 2 rings (SSSR count). The van der Waals surface area contributed by atoms with Crippen LogP contribution in [0.1, 0.15) is 18.9 Å². The van der Waals surface area contributed by atoms with Gasteiger partial charge in [0.05, 0.1) is 0 Å². The van der Waals surface area contributed by atoms with E-state index in [-0.39, 0.29) is 0 Å². The summed E-state index contributed by atoms with van der Waals surface area (Å²) in [7, 11) is 0. The standard InChI is InChI=1S/C13H15BrN4/c1-2-3-15-5-10-6-17-13(18-7-10)11-4-12(14)9-16-8-11/h4,6-9,15H,2-3,5H2,1H3. The number of nitrogens with one attached hydrogen (secondary N) is 1. The van der Waals surface area contributed by atoms with Gasteiger partial charge in [0.25, 0.3) is 0 Å². The molecule has 0 fully saturated rings. The summed E-state index contributed by atoms with van der Waals surface area (Å²) in [6, 6.07) is 1.96. The van der Waals surface area contributed by atoms with Gasteiger partial charge in [0.2, 0.25) is 0 Å². The highest BCUT2D eigenvalue weighted by Crippen LogP contribution is 2.17. The molecule has 0 bridgehead atoms. The third kappa shape index (κ3) is 3.58. The van der Waals surface area contributed by atoms with E-state index < -0.39 is 0 Å². The fraction of sp³-hybridized carbons (Fsp3) is 0.308. The van der Waals surface area contributed by atoms with E-state index in [1.165, 1.54) is 0 Å². The highest BCUT2D eigenvalue weighted by Gasteiger charge is 2.02. The van der Waals surface area contributed by atoms with Crippen LogP contribution in [0.5, 0.6) is 0 Å². The molecule has 2 heterocycles. The highest BCUT2D eigenvalue weighted by atomic mass is 79.9. The topological polar surface area (TPSA) is 50.7 Å². The molecule has 0 amide bonds. The fourth-order valence-corrected chi connectivity index (χ4v) is 1.90. The molecular weight excluding hydrogens is 292 g/mol. The predicted octanol–water partition coefficient (Wildman–Crippen LogP) is 2.80. The quantitative estimate of drug-likeness (QED) is 0.863. The van der Waals surface area contributed by atoms with Crippen molar-refractivity contribution in [1.29, 1.82) is 0 Å². The lowest BCUT2D eigenvalue weighted by atomic mass is 10.2. The molecule has 94 valence electrons. The van der Waals surface area contributed by atoms with E-state index in [0.717, 1.165) is 35.1 Å². The van der Waals surface area contributed by atoms with Crippen LogP contribution in [-0.2, 0) is 6.54 Å². The Morgan fingerprint density at radius 2 is 1.94 bits per heavy atom. The van der Waals surface area contributed by atoms with Crippen molar-refractivity contribution in [2.75, 3.05) is 6.54 Å². The number of rotatable bonds is 5. The lowest BCUT2D eigenvalue weighted by molar-refractivity contribution is 0.672. The second-order valence-corrected chi connectivity index (χ2v) is 4.90. The zero-order chi connectivity index (χ0) is 12.8. The summed E-state index contributed by atoms with van der Waals surface area (Å²) in [5.74, 6) is 0.697. The van der Waals surface area contributed by atoms with Crippen molar-refractivity contribution in [3.63, 3.8) is 0 Å². The lowest BCUT2D eigenvalue weighted by Gasteiger charge is -2.04. The zero-order valence-electron chi connectivity index (χ0n) is 10.2. The Balaban J connectivity index is 2.07. The van der Waals surface area contributed by atoms with Gasteiger partial charge in [-0.25, -0.2) is 9.97 Å². The van der Waals surface area contributed by atoms with Crippen LogP contribution in [0.15, 0.2) is 35.3 Å². The number of pyridine rings is 1. The minimum absolute atomic E-state index is 0.697. The third-order valence-corrected chi connectivity index (χ3v) is 2.86. The second-order valence-electron chi connectivity index (χ2n) is 3.98. The maximum atomic E-state index is 4.36. The van der Waals surface area contributed by atoms with Gasteiger partial charge < -0.3 is 5.32 Å². The Hall–Kier alpha value is -1.33. The molecule has 0 radical (unpaired) electrons. The first-order valence-corrected chi connectivity index (χ1v) is 6.71. The van der Waals surface area contributed by atoms with Gasteiger partial charge in [0.15, 0.2) is 5.82 Å². The van der Waals surface area contributed by atoms with Crippen molar-refractivity contribution in [2.45, 2.75) is 19.9 Å². The van der Waals surface area contributed by atoms with Gasteiger partial charge in [0.1, 0.15) is 0 Å². The van der Waals surface area contributed by atoms with Crippen molar-refractivity contribution in [3.05, 3.63) is 40.9 Å². The average molecular weight is 307 g/mol. The number of hydrogen-bond acceptors (Lipinski definition) is 4. The molecule has 0 saturated heterocycles. The van der Waals surface area contributed by atoms with Gasteiger partial charge in [-0.3, -0.25) is 4.98 Å². The summed E-state index contributed by atoms with van der Waals surface area (Å²) >= 11 is 3.39. The van der Waals surface area contributed by atoms with Crippen molar-refractivity contribution in [3.8, 4) is 11.4 Å². The van der Waals surface area contributed by atoms with E-state index in [1.54, 1.807) is 12.4 Å². The summed E-state index contributed by atoms with van der Waals surface area (Å²) in [6.07, 6.45) is 8.34. The van der Waals surface area contributed by atoms with E-state index in [9.17, 15) is 0 Å². The molecule has 0 unspecified atom stereocenters. The molecule has 1 N–H and O–H groups in total. The molecule has 0 atom stereocenters. The van der Waals surface area contributed by atoms with Crippen LogP contribution in [0.2, 0.25) is 0 Å². The summed E-state index contributed by atoms with van der Waals surface area (Å²) in [5.41, 5.74) is 2.01. The Bertz CT molecular complexity index is 499. The fourth-order valence-electron chi connectivity index (χ4n) is 1.54. The van der Waals surface area contributed by atoms with Crippen LogP contribution < -0.4 is 5.32 Å². The van der Waals surface area contributed by atoms with Gasteiger partial charge in [-0.05, 0) is 35.0 Å². The van der Waals surface area contributed by atoms with E-state index >= 15 is 0 Å². The van der Waals surface area contributed by atoms with E-state index in [2.05, 4.69) is 43.1 Å². The number of aromatic nitrogens is 3. The Labute approximate surface area is 115 Å². The molecule has 2 aromatic heterocycles. The predicted molar refractivity (Wildman–Crippen MR) is 75.0 cm³/mol. The van der Waals surface area contributed by atoms with Gasteiger partial charge >= 0.3 is 0 Å².